The molecule has 2 heteroatoms. The molecule has 0 aliphatic heterocycles. The molecule has 2 aliphatic rings. The van der Waals surface area contributed by atoms with Gasteiger partial charge in [0.25, 0.3) is 0 Å². The lowest BCUT2D eigenvalue weighted by atomic mass is 9.73. The second kappa shape index (κ2) is 5.27. The Morgan fingerprint density at radius 2 is 1.65 bits per heavy atom. The van der Waals surface area contributed by atoms with Crippen molar-refractivity contribution in [3.8, 4) is 0 Å². The van der Waals surface area contributed by atoms with E-state index in [9.17, 15) is 5.11 Å². The average Bonchev–Trinajstić information content (AvgIpc) is 2.28. The van der Waals surface area contributed by atoms with Crippen LogP contribution >= 0.6 is 0 Å². The maximum absolute atomic E-state index is 10.5. The van der Waals surface area contributed by atoms with Gasteiger partial charge in [-0.2, -0.15) is 0 Å². The molecule has 0 saturated heterocycles. The molecule has 2 rings (SSSR count). The first-order valence-electron chi connectivity index (χ1n) is 7.48. The van der Waals surface area contributed by atoms with E-state index in [-0.39, 0.29) is 0 Å². The molecule has 2 N–H and O–H groups in total. The van der Waals surface area contributed by atoms with E-state index >= 15 is 0 Å². The zero-order valence-corrected chi connectivity index (χ0v) is 11.6. The predicted octanol–water partition coefficient (Wildman–Crippen LogP) is 3.24. The Hall–Kier alpha value is -0.0800. The molecule has 0 heterocycles. The SMILES string of the molecule is CC1(C)CCCCC1NCC1(O)CCCCC1. The summed E-state index contributed by atoms with van der Waals surface area (Å²) in [6.07, 6.45) is 11.0. The van der Waals surface area contributed by atoms with Crippen molar-refractivity contribution in [2.75, 3.05) is 6.54 Å². The summed E-state index contributed by atoms with van der Waals surface area (Å²) in [5.41, 5.74) is -0.00491. The Bertz CT molecular complexity index is 243. The highest BCUT2D eigenvalue weighted by Crippen LogP contribution is 2.36. The van der Waals surface area contributed by atoms with Crippen LogP contribution in [0.25, 0.3) is 0 Å². The van der Waals surface area contributed by atoms with Crippen molar-refractivity contribution in [3.05, 3.63) is 0 Å². The first kappa shape index (κ1) is 13.4. The zero-order valence-electron chi connectivity index (χ0n) is 11.6. The van der Waals surface area contributed by atoms with E-state index in [0.717, 1.165) is 19.4 Å². The van der Waals surface area contributed by atoms with Gasteiger partial charge in [0.2, 0.25) is 0 Å². The number of hydrogen-bond donors (Lipinski definition) is 2. The van der Waals surface area contributed by atoms with Crippen molar-refractivity contribution in [1.29, 1.82) is 0 Å². The summed E-state index contributed by atoms with van der Waals surface area (Å²) in [6, 6.07) is 0.599. The predicted molar refractivity (Wildman–Crippen MR) is 72.1 cm³/mol. The normalized spacial score (nSPS) is 32.3. The molecule has 1 atom stereocenters. The molecular formula is C15H29NO. The van der Waals surface area contributed by atoms with E-state index in [1.54, 1.807) is 0 Å². The number of aliphatic hydroxyl groups is 1. The van der Waals surface area contributed by atoms with Crippen LogP contribution in [0, 0.1) is 5.41 Å². The molecule has 0 aromatic rings. The maximum Gasteiger partial charge on any atom is 0.0771 e. The molecule has 0 amide bonds. The molecule has 2 fully saturated rings. The second-order valence-corrected chi connectivity index (χ2v) is 6.95. The van der Waals surface area contributed by atoms with Crippen LogP contribution in [-0.4, -0.2) is 23.3 Å². The van der Waals surface area contributed by atoms with Crippen molar-refractivity contribution < 1.29 is 5.11 Å². The molecular weight excluding hydrogens is 210 g/mol. The Morgan fingerprint density at radius 1 is 1.00 bits per heavy atom. The fraction of sp³-hybridized carbons (Fsp3) is 1.00. The van der Waals surface area contributed by atoms with Crippen LogP contribution in [0.1, 0.15) is 71.6 Å². The zero-order chi connectivity index (χ0) is 12.4. The molecule has 0 aromatic carbocycles. The highest BCUT2D eigenvalue weighted by atomic mass is 16.3. The van der Waals surface area contributed by atoms with E-state index in [4.69, 9.17) is 0 Å². The number of nitrogens with one attached hydrogen (secondary N) is 1. The minimum Gasteiger partial charge on any atom is -0.389 e. The van der Waals surface area contributed by atoms with Gasteiger partial charge in [-0.3, -0.25) is 0 Å². The number of hydrogen-bond acceptors (Lipinski definition) is 2. The van der Waals surface area contributed by atoms with Gasteiger partial charge in [0.1, 0.15) is 0 Å². The van der Waals surface area contributed by atoms with Gasteiger partial charge in [-0.25, -0.2) is 0 Å². The fourth-order valence-corrected chi connectivity index (χ4v) is 3.57. The van der Waals surface area contributed by atoms with E-state index in [0.29, 0.717) is 11.5 Å². The molecule has 0 spiro atoms. The first-order chi connectivity index (χ1) is 8.02. The van der Waals surface area contributed by atoms with E-state index in [1.807, 2.05) is 0 Å². The molecule has 0 aromatic heterocycles. The van der Waals surface area contributed by atoms with Crippen molar-refractivity contribution in [2.24, 2.45) is 5.41 Å². The van der Waals surface area contributed by atoms with Crippen LogP contribution in [0.15, 0.2) is 0 Å². The molecule has 17 heavy (non-hydrogen) atoms. The average molecular weight is 239 g/mol. The minimum atomic E-state index is -0.411. The molecule has 2 aliphatic carbocycles. The van der Waals surface area contributed by atoms with Crippen LogP contribution in [0.5, 0.6) is 0 Å². The maximum atomic E-state index is 10.5. The molecule has 100 valence electrons. The van der Waals surface area contributed by atoms with Crippen molar-refractivity contribution in [1.82, 2.24) is 5.32 Å². The Labute approximate surface area is 106 Å². The van der Waals surface area contributed by atoms with Gasteiger partial charge in [-0.05, 0) is 31.1 Å². The molecule has 2 nitrogen and oxygen atoms in total. The highest BCUT2D eigenvalue weighted by Gasteiger charge is 2.35. The van der Waals surface area contributed by atoms with Crippen molar-refractivity contribution in [3.63, 3.8) is 0 Å². The van der Waals surface area contributed by atoms with Crippen LogP contribution in [0.3, 0.4) is 0 Å². The quantitative estimate of drug-likeness (QED) is 0.792. The van der Waals surface area contributed by atoms with Crippen LogP contribution in [0.4, 0.5) is 0 Å². The van der Waals surface area contributed by atoms with Gasteiger partial charge in [0, 0.05) is 12.6 Å². The summed E-state index contributed by atoms with van der Waals surface area (Å²) in [6.45, 7) is 5.55. The lowest BCUT2D eigenvalue weighted by Gasteiger charge is -2.42. The van der Waals surface area contributed by atoms with Crippen LogP contribution in [0.2, 0.25) is 0 Å². The molecule has 1 unspecified atom stereocenters. The van der Waals surface area contributed by atoms with Gasteiger partial charge in [-0.1, -0.05) is 46.0 Å². The summed E-state index contributed by atoms with van der Waals surface area (Å²) in [5, 5.41) is 14.2. The third-order valence-electron chi connectivity index (χ3n) is 4.97. The van der Waals surface area contributed by atoms with Gasteiger partial charge < -0.3 is 10.4 Å². The molecule has 2 saturated carbocycles. The van der Waals surface area contributed by atoms with E-state index < -0.39 is 5.60 Å². The fourth-order valence-electron chi connectivity index (χ4n) is 3.57. The number of rotatable bonds is 3. The topological polar surface area (TPSA) is 32.3 Å². The lowest BCUT2D eigenvalue weighted by molar-refractivity contribution is -0.00361. The molecule has 0 bridgehead atoms. The second-order valence-electron chi connectivity index (χ2n) is 6.95. The monoisotopic (exact) mass is 239 g/mol. The summed E-state index contributed by atoms with van der Waals surface area (Å²) in [5.74, 6) is 0. The summed E-state index contributed by atoms with van der Waals surface area (Å²) < 4.78 is 0. The smallest absolute Gasteiger partial charge is 0.0771 e. The van der Waals surface area contributed by atoms with Gasteiger partial charge in [0.05, 0.1) is 5.60 Å². The summed E-state index contributed by atoms with van der Waals surface area (Å²) >= 11 is 0. The lowest BCUT2D eigenvalue weighted by Crippen LogP contribution is -2.51. The molecule has 0 radical (unpaired) electrons. The van der Waals surface area contributed by atoms with E-state index in [2.05, 4.69) is 19.2 Å². The minimum absolute atomic E-state index is 0.406. The van der Waals surface area contributed by atoms with Crippen LogP contribution in [-0.2, 0) is 0 Å². The Morgan fingerprint density at radius 3 is 2.29 bits per heavy atom. The van der Waals surface area contributed by atoms with E-state index in [1.165, 1.54) is 44.9 Å². The Kier molecular flexibility index (Phi) is 4.14. The Balaban J connectivity index is 1.84. The van der Waals surface area contributed by atoms with Gasteiger partial charge in [-0.15, -0.1) is 0 Å². The summed E-state index contributed by atoms with van der Waals surface area (Å²) in [4.78, 5) is 0. The van der Waals surface area contributed by atoms with Gasteiger partial charge in [0.15, 0.2) is 0 Å². The van der Waals surface area contributed by atoms with Crippen molar-refractivity contribution in [2.45, 2.75) is 83.3 Å². The van der Waals surface area contributed by atoms with Crippen molar-refractivity contribution >= 4 is 0 Å². The third kappa shape index (κ3) is 3.45. The standard InChI is InChI=1S/C15H29NO/c1-14(2)9-7-4-8-13(14)16-12-15(17)10-5-3-6-11-15/h13,16-17H,3-12H2,1-2H3. The largest absolute Gasteiger partial charge is 0.389 e. The summed E-state index contributed by atoms with van der Waals surface area (Å²) in [7, 11) is 0. The first-order valence-corrected chi connectivity index (χ1v) is 7.48. The highest BCUT2D eigenvalue weighted by molar-refractivity contribution is 4.91. The third-order valence-corrected chi connectivity index (χ3v) is 4.97. The van der Waals surface area contributed by atoms with Gasteiger partial charge >= 0.3 is 0 Å². The van der Waals surface area contributed by atoms with Crippen LogP contribution < -0.4 is 5.32 Å².